The molecular weight excluding hydrogens is 250 g/mol. The Kier molecular flexibility index (Phi) is 5.01. The van der Waals surface area contributed by atoms with E-state index >= 15 is 0 Å². The lowest BCUT2D eigenvalue weighted by Crippen LogP contribution is -2.36. The van der Waals surface area contributed by atoms with Gasteiger partial charge in [0.25, 0.3) is 0 Å². The van der Waals surface area contributed by atoms with Crippen molar-refractivity contribution in [3.05, 3.63) is 29.3 Å². The molecule has 0 aliphatic carbocycles. The number of carboxylic acid groups (broad SMARTS) is 1. The molecule has 0 aliphatic rings. The van der Waals surface area contributed by atoms with E-state index in [-0.39, 0.29) is 18.7 Å². The van der Waals surface area contributed by atoms with Crippen LogP contribution in [-0.2, 0) is 9.59 Å². The van der Waals surface area contributed by atoms with Crippen LogP contribution in [-0.4, -0.2) is 36.0 Å². The average molecular weight is 265 g/mol. The van der Waals surface area contributed by atoms with Crippen LogP contribution >= 0.6 is 0 Å². The molecule has 1 aromatic carbocycles. The molecule has 0 aromatic heterocycles. The molecule has 0 fully saturated rings. The first-order chi connectivity index (χ1) is 8.93. The van der Waals surface area contributed by atoms with Crippen molar-refractivity contribution in [1.82, 2.24) is 5.32 Å². The summed E-state index contributed by atoms with van der Waals surface area (Å²) in [6.45, 7) is 1.33. The van der Waals surface area contributed by atoms with E-state index in [1.807, 2.05) is 0 Å². The molecule has 2 amide bonds. The lowest BCUT2D eigenvalue weighted by atomic mass is 10.1. The van der Waals surface area contributed by atoms with Crippen LogP contribution in [0.5, 0.6) is 0 Å². The highest BCUT2D eigenvalue weighted by Gasteiger charge is 2.09. The number of benzene rings is 1. The van der Waals surface area contributed by atoms with Crippen molar-refractivity contribution in [2.75, 3.05) is 18.4 Å². The van der Waals surface area contributed by atoms with Crippen LogP contribution < -0.4 is 16.4 Å². The van der Waals surface area contributed by atoms with E-state index in [2.05, 4.69) is 10.6 Å². The first kappa shape index (κ1) is 14.7. The van der Waals surface area contributed by atoms with Gasteiger partial charge in [-0.25, -0.2) is 4.79 Å². The molecule has 102 valence electrons. The highest BCUT2D eigenvalue weighted by atomic mass is 16.4. The van der Waals surface area contributed by atoms with E-state index in [9.17, 15) is 14.4 Å². The fraction of sp³-hybridized carbons (Fsp3) is 0.250. The monoisotopic (exact) mass is 265 g/mol. The molecule has 7 heteroatoms. The van der Waals surface area contributed by atoms with Crippen molar-refractivity contribution < 1.29 is 19.5 Å². The molecule has 1 aromatic rings. The van der Waals surface area contributed by atoms with Crippen molar-refractivity contribution in [2.24, 2.45) is 5.73 Å². The van der Waals surface area contributed by atoms with Crippen LogP contribution in [0.1, 0.15) is 15.9 Å². The van der Waals surface area contributed by atoms with Gasteiger partial charge in [-0.15, -0.1) is 0 Å². The summed E-state index contributed by atoms with van der Waals surface area (Å²) in [6.07, 6.45) is 0. The number of anilines is 1. The number of nitrogens with two attached hydrogens (primary N) is 1. The van der Waals surface area contributed by atoms with Gasteiger partial charge < -0.3 is 21.5 Å². The van der Waals surface area contributed by atoms with Crippen LogP contribution in [0.15, 0.2) is 18.2 Å². The molecule has 0 aliphatic heterocycles. The number of carbonyl (C=O) groups excluding carboxylic acids is 2. The summed E-state index contributed by atoms with van der Waals surface area (Å²) in [4.78, 5) is 33.3. The Labute approximate surface area is 109 Å². The van der Waals surface area contributed by atoms with Crippen LogP contribution in [0.3, 0.4) is 0 Å². The first-order valence-corrected chi connectivity index (χ1v) is 5.54. The van der Waals surface area contributed by atoms with E-state index in [1.165, 1.54) is 12.1 Å². The Balaban J connectivity index is 2.70. The lowest BCUT2D eigenvalue weighted by Gasteiger charge is -2.09. The van der Waals surface area contributed by atoms with Crippen LogP contribution in [0, 0.1) is 6.92 Å². The quantitative estimate of drug-likeness (QED) is 0.582. The van der Waals surface area contributed by atoms with Gasteiger partial charge in [0.15, 0.2) is 0 Å². The fourth-order valence-corrected chi connectivity index (χ4v) is 1.34. The second kappa shape index (κ2) is 6.50. The SMILES string of the molecule is Cc1ccc(C(=O)O)cc1NC(=O)CNC(=O)CN. The Morgan fingerprint density at radius 1 is 1.26 bits per heavy atom. The number of hydrogen-bond acceptors (Lipinski definition) is 4. The molecule has 0 heterocycles. The Hall–Kier alpha value is -2.41. The molecule has 0 saturated heterocycles. The smallest absolute Gasteiger partial charge is 0.335 e. The summed E-state index contributed by atoms with van der Waals surface area (Å²) in [5.41, 5.74) is 6.28. The minimum Gasteiger partial charge on any atom is -0.478 e. The lowest BCUT2D eigenvalue weighted by molar-refractivity contribution is -0.123. The fourth-order valence-electron chi connectivity index (χ4n) is 1.34. The molecule has 19 heavy (non-hydrogen) atoms. The zero-order valence-electron chi connectivity index (χ0n) is 10.4. The van der Waals surface area contributed by atoms with Crippen molar-refractivity contribution >= 4 is 23.5 Å². The third-order valence-electron chi connectivity index (χ3n) is 2.39. The maximum Gasteiger partial charge on any atom is 0.335 e. The third-order valence-corrected chi connectivity index (χ3v) is 2.39. The summed E-state index contributed by atoms with van der Waals surface area (Å²) in [5, 5.41) is 13.7. The van der Waals surface area contributed by atoms with E-state index in [4.69, 9.17) is 10.8 Å². The molecule has 0 unspecified atom stereocenters. The number of aryl methyl sites for hydroxylation is 1. The molecule has 0 radical (unpaired) electrons. The topological polar surface area (TPSA) is 122 Å². The van der Waals surface area contributed by atoms with Gasteiger partial charge in [0.1, 0.15) is 0 Å². The summed E-state index contributed by atoms with van der Waals surface area (Å²) < 4.78 is 0. The third kappa shape index (κ3) is 4.40. The van der Waals surface area contributed by atoms with E-state index in [0.717, 1.165) is 5.56 Å². The molecule has 0 bridgehead atoms. The van der Waals surface area contributed by atoms with Gasteiger partial charge in [-0.05, 0) is 24.6 Å². The summed E-state index contributed by atoms with van der Waals surface area (Å²) in [7, 11) is 0. The molecule has 1 rings (SSSR count). The molecule has 0 saturated carbocycles. The number of carboxylic acids is 1. The Morgan fingerprint density at radius 2 is 1.95 bits per heavy atom. The average Bonchev–Trinajstić information content (AvgIpc) is 2.38. The zero-order valence-corrected chi connectivity index (χ0v) is 10.4. The van der Waals surface area contributed by atoms with Crippen LogP contribution in [0.4, 0.5) is 5.69 Å². The highest BCUT2D eigenvalue weighted by molar-refractivity contribution is 5.97. The molecule has 7 nitrogen and oxygen atoms in total. The van der Waals surface area contributed by atoms with E-state index in [0.29, 0.717) is 5.69 Å². The van der Waals surface area contributed by atoms with Gasteiger partial charge in [-0.1, -0.05) is 6.07 Å². The van der Waals surface area contributed by atoms with Gasteiger partial charge in [-0.2, -0.15) is 0 Å². The van der Waals surface area contributed by atoms with E-state index < -0.39 is 17.8 Å². The van der Waals surface area contributed by atoms with Crippen LogP contribution in [0.25, 0.3) is 0 Å². The highest BCUT2D eigenvalue weighted by Crippen LogP contribution is 2.16. The van der Waals surface area contributed by atoms with Gasteiger partial charge in [-0.3, -0.25) is 9.59 Å². The number of nitrogens with one attached hydrogen (secondary N) is 2. The molecule has 0 spiro atoms. The molecule has 5 N–H and O–H groups in total. The van der Waals surface area contributed by atoms with Gasteiger partial charge in [0.2, 0.25) is 11.8 Å². The summed E-state index contributed by atoms with van der Waals surface area (Å²) >= 11 is 0. The second-order valence-electron chi connectivity index (χ2n) is 3.86. The largest absolute Gasteiger partial charge is 0.478 e. The predicted molar refractivity (Wildman–Crippen MR) is 68.8 cm³/mol. The Bertz CT molecular complexity index is 514. The molecule has 0 atom stereocenters. The Morgan fingerprint density at radius 3 is 2.53 bits per heavy atom. The maximum atomic E-state index is 11.6. The summed E-state index contributed by atoms with van der Waals surface area (Å²) in [5.74, 6) is -1.97. The number of amides is 2. The van der Waals surface area contributed by atoms with Crippen molar-refractivity contribution in [3.63, 3.8) is 0 Å². The number of aromatic carboxylic acids is 1. The summed E-state index contributed by atoms with van der Waals surface area (Å²) in [6, 6.07) is 4.40. The van der Waals surface area contributed by atoms with Crippen molar-refractivity contribution in [1.29, 1.82) is 0 Å². The van der Waals surface area contributed by atoms with Gasteiger partial charge in [0, 0.05) is 5.69 Å². The van der Waals surface area contributed by atoms with Gasteiger partial charge >= 0.3 is 5.97 Å². The standard InChI is InChI=1S/C12H15N3O4/c1-7-2-3-8(12(18)19)4-9(7)15-11(17)6-14-10(16)5-13/h2-4H,5-6,13H2,1H3,(H,14,16)(H,15,17)(H,18,19). The van der Waals surface area contributed by atoms with Crippen molar-refractivity contribution in [3.8, 4) is 0 Å². The second-order valence-corrected chi connectivity index (χ2v) is 3.86. The van der Waals surface area contributed by atoms with E-state index in [1.54, 1.807) is 13.0 Å². The number of rotatable bonds is 5. The van der Waals surface area contributed by atoms with Crippen LogP contribution in [0.2, 0.25) is 0 Å². The van der Waals surface area contributed by atoms with Gasteiger partial charge in [0.05, 0.1) is 18.7 Å². The maximum absolute atomic E-state index is 11.6. The minimum absolute atomic E-state index is 0.0758. The molecular formula is C12H15N3O4. The predicted octanol–water partition coefficient (Wildman–Crippen LogP) is -0.293. The minimum atomic E-state index is -1.08. The first-order valence-electron chi connectivity index (χ1n) is 5.54. The normalized spacial score (nSPS) is 9.79. The number of hydrogen-bond donors (Lipinski definition) is 4. The number of carbonyl (C=O) groups is 3. The zero-order chi connectivity index (χ0) is 14.4. The van der Waals surface area contributed by atoms with Crippen molar-refractivity contribution in [2.45, 2.75) is 6.92 Å².